The molecule has 0 atom stereocenters. The first-order valence-corrected chi connectivity index (χ1v) is 9.21. The van der Waals surface area contributed by atoms with Crippen LogP contribution in [0.15, 0.2) is 53.4 Å². The maximum Gasteiger partial charge on any atom is 0.216 e. The Morgan fingerprint density at radius 3 is 2.14 bits per heavy atom. The molecule has 0 fully saturated rings. The summed E-state index contributed by atoms with van der Waals surface area (Å²) in [4.78, 5) is 1.13. The molecule has 0 radical (unpaired) electrons. The summed E-state index contributed by atoms with van der Waals surface area (Å²) in [5, 5.41) is 0. The third-order valence-corrected chi connectivity index (χ3v) is 4.97. The van der Waals surface area contributed by atoms with Gasteiger partial charge < -0.3 is 0 Å². The average Bonchev–Trinajstić information content (AvgIpc) is 2.48. The second-order valence-corrected chi connectivity index (χ2v) is 7.24. The third-order valence-electron chi connectivity index (χ3n) is 2.93. The Balaban J connectivity index is 1.95. The molecule has 3 nitrogen and oxygen atoms in total. The molecule has 6 heteroatoms. The first kappa shape index (κ1) is 16.0. The topological polar surface area (TPSA) is 46.2 Å². The fourth-order valence-corrected chi connectivity index (χ4v) is 3.32. The van der Waals surface area contributed by atoms with Crippen LogP contribution in [0.1, 0.15) is 11.1 Å². The molecule has 0 saturated heterocycles. The van der Waals surface area contributed by atoms with Crippen molar-refractivity contribution >= 4 is 21.8 Å². The van der Waals surface area contributed by atoms with Gasteiger partial charge in [-0.15, -0.1) is 11.8 Å². The maximum atomic E-state index is 12.8. The number of hydrogen-bond donors (Lipinski definition) is 1. The van der Waals surface area contributed by atoms with Gasteiger partial charge >= 0.3 is 0 Å². The van der Waals surface area contributed by atoms with Gasteiger partial charge in [0.15, 0.2) is 0 Å². The molecule has 0 amide bonds. The number of thioether (sulfide) groups is 1. The lowest BCUT2D eigenvalue weighted by Gasteiger charge is -2.07. The second kappa shape index (κ2) is 7.06. The van der Waals surface area contributed by atoms with Gasteiger partial charge in [-0.05, 0) is 41.6 Å². The van der Waals surface area contributed by atoms with Gasteiger partial charge in [0.1, 0.15) is 5.82 Å². The molecule has 0 aliphatic heterocycles. The lowest BCUT2D eigenvalue weighted by molar-refractivity contribution is 0.580. The van der Waals surface area contributed by atoms with E-state index in [1.807, 2.05) is 30.5 Å². The Morgan fingerprint density at radius 2 is 1.57 bits per heavy atom. The summed E-state index contributed by atoms with van der Waals surface area (Å²) in [5.74, 6) is -0.533. The molecule has 0 aromatic heterocycles. The summed E-state index contributed by atoms with van der Waals surface area (Å²) >= 11 is 1.63. The Kier molecular flexibility index (Phi) is 5.39. The van der Waals surface area contributed by atoms with Crippen LogP contribution >= 0.6 is 11.8 Å². The maximum absolute atomic E-state index is 12.8. The van der Waals surface area contributed by atoms with Crippen LogP contribution < -0.4 is 4.72 Å². The van der Waals surface area contributed by atoms with E-state index in [4.69, 9.17) is 0 Å². The van der Waals surface area contributed by atoms with Crippen molar-refractivity contribution < 1.29 is 12.8 Å². The van der Waals surface area contributed by atoms with E-state index in [0.717, 1.165) is 10.5 Å². The lowest BCUT2D eigenvalue weighted by atomic mass is 10.2. The SMILES string of the molecule is CSc1ccc(CNS(=O)(=O)Cc2ccc(F)cc2)cc1. The van der Waals surface area contributed by atoms with Crippen molar-refractivity contribution in [2.45, 2.75) is 17.2 Å². The van der Waals surface area contributed by atoms with Crippen molar-refractivity contribution in [3.8, 4) is 0 Å². The van der Waals surface area contributed by atoms with Crippen molar-refractivity contribution in [1.82, 2.24) is 4.72 Å². The van der Waals surface area contributed by atoms with Crippen LogP contribution in [-0.4, -0.2) is 14.7 Å². The van der Waals surface area contributed by atoms with Crippen LogP contribution in [0.2, 0.25) is 0 Å². The molecule has 2 rings (SSSR count). The van der Waals surface area contributed by atoms with Crippen molar-refractivity contribution in [2.24, 2.45) is 0 Å². The number of nitrogens with one attached hydrogen (secondary N) is 1. The molecule has 112 valence electrons. The second-order valence-electron chi connectivity index (χ2n) is 4.55. The minimum atomic E-state index is -3.44. The molecule has 0 spiro atoms. The van der Waals surface area contributed by atoms with E-state index >= 15 is 0 Å². The van der Waals surface area contributed by atoms with Gasteiger partial charge in [0.2, 0.25) is 10.0 Å². The fraction of sp³-hybridized carbons (Fsp3) is 0.200. The molecule has 0 heterocycles. The molecule has 0 aliphatic carbocycles. The largest absolute Gasteiger partial charge is 0.216 e. The van der Waals surface area contributed by atoms with Crippen molar-refractivity contribution in [3.05, 3.63) is 65.5 Å². The fourth-order valence-electron chi connectivity index (χ4n) is 1.79. The minimum absolute atomic E-state index is 0.157. The Morgan fingerprint density at radius 1 is 1.00 bits per heavy atom. The van der Waals surface area contributed by atoms with Crippen molar-refractivity contribution in [2.75, 3.05) is 6.26 Å². The first-order valence-electron chi connectivity index (χ1n) is 6.33. The number of benzene rings is 2. The van der Waals surface area contributed by atoms with Gasteiger partial charge in [-0.1, -0.05) is 24.3 Å². The molecular formula is C15H16FNO2S2. The monoisotopic (exact) mass is 325 g/mol. The standard InChI is InChI=1S/C15H16FNO2S2/c1-20-15-8-4-12(5-9-15)10-17-21(18,19)11-13-2-6-14(16)7-3-13/h2-9,17H,10-11H2,1H3. The van der Waals surface area contributed by atoms with E-state index in [0.29, 0.717) is 5.56 Å². The van der Waals surface area contributed by atoms with Gasteiger partial charge in [0.25, 0.3) is 0 Å². The highest BCUT2D eigenvalue weighted by Crippen LogP contribution is 2.15. The highest BCUT2D eigenvalue weighted by molar-refractivity contribution is 7.98. The van der Waals surface area contributed by atoms with E-state index in [9.17, 15) is 12.8 Å². The normalized spacial score (nSPS) is 11.5. The van der Waals surface area contributed by atoms with E-state index in [2.05, 4.69) is 4.72 Å². The zero-order chi connectivity index (χ0) is 15.3. The van der Waals surface area contributed by atoms with Crippen LogP contribution in [0.4, 0.5) is 4.39 Å². The van der Waals surface area contributed by atoms with Gasteiger partial charge in [0, 0.05) is 11.4 Å². The zero-order valence-corrected chi connectivity index (χ0v) is 13.2. The van der Waals surface area contributed by atoms with Crippen LogP contribution in [0.25, 0.3) is 0 Å². The summed E-state index contributed by atoms with van der Waals surface area (Å²) in [5.41, 5.74) is 1.46. The number of rotatable bonds is 6. The number of halogens is 1. The molecule has 2 aromatic carbocycles. The van der Waals surface area contributed by atoms with Gasteiger partial charge in [0.05, 0.1) is 5.75 Å². The van der Waals surface area contributed by atoms with Crippen LogP contribution in [0.5, 0.6) is 0 Å². The summed E-state index contributed by atoms with van der Waals surface area (Å²) in [6, 6.07) is 13.2. The summed E-state index contributed by atoms with van der Waals surface area (Å²) in [6.45, 7) is 0.248. The summed E-state index contributed by atoms with van der Waals surface area (Å²) in [6.07, 6.45) is 1.99. The van der Waals surface area contributed by atoms with Crippen LogP contribution in [-0.2, 0) is 22.3 Å². The Hall–Kier alpha value is -1.37. The Bertz CT molecular complexity index is 683. The highest BCUT2D eigenvalue weighted by Gasteiger charge is 2.11. The predicted octanol–water partition coefficient (Wildman–Crippen LogP) is 3.17. The Labute approximate surface area is 128 Å². The molecule has 1 N–H and O–H groups in total. The van der Waals surface area contributed by atoms with Gasteiger partial charge in [-0.3, -0.25) is 0 Å². The summed E-state index contributed by atoms with van der Waals surface area (Å²) < 4.78 is 39.3. The molecule has 21 heavy (non-hydrogen) atoms. The van der Waals surface area contributed by atoms with E-state index < -0.39 is 10.0 Å². The van der Waals surface area contributed by atoms with E-state index in [-0.39, 0.29) is 18.1 Å². The number of hydrogen-bond acceptors (Lipinski definition) is 3. The lowest BCUT2D eigenvalue weighted by Crippen LogP contribution is -2.24. The van der Waals surface area contributed by atoms with Crippen molar-refractivity contribution in [3.63, 3.8) is 0 Å². The molecule has 0 saturated carbocycles. The van der Waals surface area contributed by atoms with Crippen molar-refractivity contribution in [1.29, 1.82) is 0 Å². The van der Waals surface area contributed by atoms with Crippen LogP contribution in [0, 0.1) is 5.82 Å². The highest BCUT2D eigenvalue weighted by atomic mass is 32.2. The summed E-state index contributed by atoms with van der Waals surface area (Å²) in [7, 11) is -3.44. The van der Waals surface area contributed by atoms with E-state index in [1.54, 1.807) is 11.8 Å². The molecule has 2 aromatic rings. The predicted molar refractivity (Wildman–Crippen MR) is 84.1 cm³/mol. The van der Waals surface area contributed by atoms with Crippen LogP contribution in [0.3, 0.4) is 0 Å². The molecule has 0 aliphatic rings. The van der Waals surface area contributed by atoms with E-state index in [1.165, 1.54) is 24.3 Å². The smallest absolute Gasteiger partial charge is 0.212 e. The minimum Gasteiger partial charge on any atom is -0.212 e. The number of sulfonamides is 1. The molecule has 0 bridgehead atoms. The van der Waals surface area contributed by atoms with Gasteiger partial charge in [-0.2, -0.15) is 0 Å². The zero-order valence-electron chi connectivity index (χ0n) is 11.5. The average molecular weight is 325 g/mol. The molecular weight excluding hydrogens is 309 g/mol. The third kappa shape index (κ3) is 5.15. The van der Waals surface area contributed by atoms with Gasteiger partial charge in [-0.25, -0.2) is 17.5 Å². The first-order chi connectivity index (χ1) is 9.98. The molecule has 0 unspecified atom stereocenters. The quantitative estimate of drug-likeness (QED) is 0.830.